The lowest BCUT2D eigenvalue weighted by atomic mass is 9.98. The van der Waals surface area contributed by atoms with Gasteiger partial charge in [0.2, 0.25) is 5.91 Å². The average molecular weight is 229 g/mol. The van der Waals surface area contributed by atoms with Gasteiger partial charge in [-0.3, -0.25) is 4.79 Å². The molecule has 0 aromatic carbocycles. The van der Waals surface area contributed by atoms with E-state index in [1.54, 1.807) is 0 Å². The lowest BCUT2D eigenvalue weighted by Gasteiger charge is -2.17. The van der Waals surface area contributed by atoms with Gasteiger partial charge in [-0.1, -0.05) is 20.8 Å². The van der Waals surface area contributed by atoms with E-state index >= 15 is 0 Å². The third-order valence-electron chi connectivity index (χ3n) is 3.59. The van der Waals surface area contributed by atoms with Gasteiger partial charge >= 0.3 is 0 Å². The molecule has 0 saturated heterocycles. The number of thiol groups is 1. The van der Waals surface area contributed by atoms with Crippen LogP contribution in [0.5, 0.6) is 0 Å². The van der Waals surface area contributed by atoms with Crippen molar-refractivity contribution in [1.29, 1.82) is 0 Å². The fraction of sp³-hybridized carbons (Fsp3) is 0.917. The quantitative estimate of drug-likeness (QED) is 0.673. The predicted octanol–water partition coefficient (Wildman–Crippen LogP) is 2.49. The van der Waals surface area contributed by atoms with Crippen LogP contribution in [-0.4, -0.2) is 18.2 Å². The largest absolute Gasteiger partial charge is 0.356 e. The molecule has 88 valence electrons. The molecule has 1 atom stereocenters. The van der Waals surface area contributed by atoms with E-state index in [-0.39, 0.29) is 11.3 Å². The third-order valence-corrected chi connectivity index (χ3v) is 4.26. The van der Waals surface area contributed by atoms with E-state index in [1.165, 1.54) is 12.8 Å². The zero-order valence-corrected chi connectivity index (χ0v) is 10.9. The first-order valence-corrected chi connectivity index (χ1v) is 6.50. The molecule has 0 aromatic heterocycles. The van der Waals surface area contributed by atoms with E-state index in [1.807, 2.05) is 0 Å². The highest BCUT2D eigenvalue weighted by molar-refractivity contribution is 7.80. The minimum atomic E-state index is 0.203. The van der Waals surface area contributed by atoms with Crippen molar-refractivity contribution in [1.82, 2.24) is 5.32 Å². The summed E-state index contributed by atoms with van der Waals surface area (Å²) in [5, 5.41) is 3.02. The zero-order valence-electron chi connectivity index (χ0n) is 10.0. The van der Waals surface area contributed by atoms with Gasteiger partial charge in [0.1, 0.15) is 0 Å². The summed E-state index contributed by atoms with van der Waals surface area (Å²) < 4.78 is 0. The van der Waals surface area contributed by atoms with Crippen LogP contribution in [0.4, 0.5) is 0 Å². The highest BCUT2D eigenvalue weighted by atomic mass is 32.1. The van der Waals surface area contributed by atoms with E-state index in [0.717, 1.165) is 12.3 Å². The lowest BCUT2D eigenvalue weighted by Crippen LogP contribution is -2.32. The maximum atomic E-state index is 11.6. The number of amides is 1. The molecule has 0 heterocycles. The van der Waals surface area contributed by atoms with Crippen LogP contribution >= 0.6 is 12.6 Å². The Kier molecular flexibility index (Phi) is 4.50. The summed E-state index contributed by atoms with van der Waals surface area (Å²) >= 11 is 4.30. The molecule has 1 aliphatic rings. The second-order valence-corrected chi connectivity index (χ2v) is 5.68. The van der Waals surface area contributed by atoms with Crippen molar-refractivity contribution in [3.63, 3.8) is 0 Å². The van der Waals surface area contributed by atoms with Gasteiger partial charge in [-0.05, 0) is 35.8 Å². The monoisotopic (exact) mass is 229 g/mol. The molecule has 3 heteroatoms. The van der Waals surface area contributed by atoms with Crippen molar-refractivity contribution < 1.29 is 4.79 Å². The van der Waals surface area contributed by atoms with Gasteiger partial charge in [0.15, 0.2) is 0 Å². The molecule has 0 aromatic rings. The Morgan fingerprint density at radius 3 is 2.40 bits per heavy atom. The van der Waals surface area contributed by atoms with Crippen LogP contribution in [0.25, 0.3) is 0 Å². The molecule has 15 heavy (non-hydrogen) atoms. The SMILES string of the molecule is CC(C)C(C)CNC(=O)CC1(CS)CC1. The maximum absolute atomic E-state index is 11.6. The van der Waals surface area contributed by atoms with Crippen LogP contribution in [0.15, 0.2) is 0 Å². The minimum Gasteiger partial charge on any atom is -0.356 e. The minimum absolute atomic E-state index is 0.203. The van der Waals surface area contributed by atoms with Crippen LogP contribution in [0.3, 0.4) is 0 Å². The number of rotatable bonds is 6. The fourth-order valence-electron chi connectivity index (χ4n) is 1.48. The first kappa shape index (κ1) is 12.9. The van der Waals surface area contributed by atoms with Gasteiger partial charge < -0.3 is 5.32 Å². The Morgan fingerprint density at radius 2 is 2.00 bits per heavy atom. The summed E-state index contributed by atoms with van der Waals surface area (Å²) in [5.74, 6) is 2.24. The summed E-state index contributed by atoms with van der Waals surface area (Å²) in [7, 11) is 0. The predicted molar refractivity (Wildman–Crippen MR) is 67.1 cm³/mol. The van der Waals surface area contributed by atoms with E-state index in [4.69, 9.17) is 0 Å². The molecule has 1 fully saturated rings. The van der Waals surface area contributed by atoms with Gasteiger partial charge in [0.25, 0.3) is 0 Å². The topological polar surface area (TPSA) is 29.1 Å². The van der Waals surface area contributed by atoms with Crippen LogP contribution in [0.2, 0.25) is 0 Å². The Hall–Kier alpha value is -0.180. The number of carbonyl (C=O) groups is 1. The summed E-state index contributed by atoms with van der Waals surface area (Å²) in [6, 6.07) is 0. The molecule has 1 saturated carbocycles. The summed E-state index contributed by atoms with van der Waals surface area (Å²) in [5.41, 5.74) is 0.244. The molecule has 1 unspecified atom stereocenters. The second kappa shape index (κ2) is 5.24. The van der Waals surface area contributed by atoms with Gasteiger partial charge in [0, 0.05) is 13.0 Å². The molecule has 0 bridgehead atoms. The smallest absolute Gasteiger partial charge is 0.220 e. The van der Waals surface area contributed by atoms with Gasteiger partial charge in [0.05, 0.1) is 0 Å². The molecule has 0 spiro atoms. The molecule has 1 rings (SSSR count). The van der Waals surface area contributed by atoms with Gasteiger partial charge in [-0.15, -0.1) is 0 Å². The van der Waals surface area contributed by atoms with E-state index < -0.39 is 0 Å². The van der Waals surface area contributed by atoms with Crippen LogP contribution < -0.4 is 5.32 Å². The Bertz CT molecular complexity index is 224. The Labute approximate surface area is 98.6 Å². The second-order valence-electron chi connectivity index (χ2n) is 5.36. The fourth-order valence-corrected chi connectivity index (χ4v) is 1.91. The van der Waals surface area contributed by atoms with Crippen molar-refractivity contribution in [2.75, 3.05) is 12.3 Å². The zero-order chi connectivity index (χ0) is 11.5. The molecule has 2 nitrogen and oxygen atoms in total. The third kappa shape index (κ3) is 4.06. The number of carbonyl (C=O) groups excluding carboxylic acids is 1. The van der Waals surface area contributed by atoms with Crippen LogP contribution in [-0.2, 0) is 4.79 Å². The molecular weight excluding hydrogens is 206 g/mol. The first-order valence-electron chi connectivity index (χ1n) is 5.87. The van der Waals surface area contributed by atoms with Crippen LogP contribution in [0, 0.1) is 17.3 Å². The van der Waals surface area contributed by atoms with Crippen molar-refractivity contribution in [2.24, 2.45) is 17.3 Å². The molecular formula is C12H23NOS. The Morgan fingerprint density at radius 1 is 1.40 bits per heavy atom. The highest BCUT2D eigenvalue weighted by Crippen LogP contribution is 2.49. The molecule has 0 aliphatic heterocycles. The van der Waals surface area contributed by atoms with Crippen molar-refractivity contribution in [2.45, 2.75) is 40.0 Å². The van der Waals surface area contributed by atoms with Crippen molar-refractivity contribution in [3.8, 4) is 0 Å². The van der Waals surface area contributed by atoms with Gasteiger partial charge in [-0.2, -0.15) is 12.6 Å². The van der Waals surface area contributed by atoms with Gasteiger partial charge in [-0.25, -0.2) is 0 Å². The molecule has 1 aliphatic carbocycles. The van der Waals surface area contributed by atoms with Crippen molar-refractivity contribution >= 4 is 18.5 Å². The standard InChI is InChI=1S/C12H23NOS/c1-9(2)10(3)7-13-11(14)6-12(8-15)4-5-12/h9-10,15H,4-8H2,1-3H3,(H,13,14). The summed E-state index contributed by atoms with van der Waals surface area (Å²) in [4.78, 5) is 11.6. The first-order chi connectivity index (χ1) is 6.99. The molecule has 0 radical (unpaired) electrons. The summed E-state index contributed by atoms with van der Waals surface area (Å²) in [6.07, 6.45) is 3.01. The summed E-state index contributed by atoms with van der Waals surface area (Å²) in [6.45, 7) is 7.36. The van der Waals surface area contributed by atoms with Crippen LogP contribution in [0.1, 0.15) is 40.0 Å². The lowest BCUT2D eigenvalue weighted by molar-refractivity contribution is -0.122. The molecule has 1 amide bonds. The molecule has 1 N–H and O–H groups in total. The van der Waals surface area contributed by atoms with E-state index in [0.29, 0.717) is 18.3 Å². The number of hydrogen-bond donors (Lipinski definition) is 2. The highest BCUT2D eigenvalue weighted by Gasteiger charge is 2.42. The number of hydrogen-bond acceptors (Lipinski definition) is 2. The number of nitrogens with one attached hydrogen (secondary N) is 1. The maximum Gasteiger partial charge on any atom is 0.220 e. The average Bonchev–Trinajstić information content (AvgIpc) is 2.94. The normalized spacial score (nSPS) is 20.1. The van der Waals surface area contributed by atoms with Crippen molar-refractivity contribution in [3.05, 3.63) is 0 Å². The van der Waals surface area contributed by atoms with E-state index in [2.05, 4.69) is 38.7 Å². The Balaban J connectivity index is 2.19. The van der Waals surface area contributed by atoms with E-state index in [9.17, 15) is 4.79 Å².